The van der Waals surface area contributed by atoms with E-state index < -0.39 is 0 Å². The maximum atomic E-state index is 12.0. The summed E-state index contributed by atoms with van der Waals surface area (Å²) < 4.78 is 0. The smallest absolute Gasteiger partial charge is 0.220 e. The standard InChI is InChI=1S/C21H24Cl2N2O/c1-15-13-17-5-2-3-6-20(17)25(15)12-4-11-24-21(26)10-8-16-7-9-18(22)19(23)14-16/h2-3,5-7,9,14-15H,4,8,10-13H2,1H3,(H,24,26)/t15-/m1/s1. The molecule has 1 amide bonds. The topological polar surface area (TPSA) is 32.3 Å². The zero-order valence-electron chi connectivity index (χ0n) is 15.0. The lowest BCUT2D eigenvalue weighted by Gasteiger charge is -2.24. The van der Waals surface area contributed by atoms with Crippen molar-refractivity contribution in [3.8, 4) is 0 Å². The third kappa shape index (κ3) is 4.72. The molecule has 2 aromatic rings. The number of benzene rings is 2. The van der Waals surface area contributed by atoms with Crippen LogP contribution >= 0.6 is 23.2 Å². The van der Waals surface area contributed by atoms with Gasteiger partial charge in [-0.3, -0.25) is 4.79 Å². The number of para-hydroxylation sites is 1. The lowest BCUT2D eigenvalue weighted by molar-refractivity contribution is -0.121. The first-order chi connectivity index (χ1) is 12.5. The number of nitrogens with zero attached hydrogens (tertiary/aromatic N) is 1. The summed E-state index contributed by atoms with van der Waals surface area (Å²) in [6.45, 7) is 3.92. The minimum absolute atomic E-state index is 0.0749. The number of hydrogen-bond donors (Lipinski definition) is 1. The van der Waals surface area contributed by atoms with Crippen LogP contribution < -0.4 is 10.2 Å². The van der Waals surface area contributed by atoms with E-state index in [-0.39, 0.29) is 5.91 Å². The van der Waals surface area contributed by atoms with Gasteiger partial charge in [-0.2, -0.15) is 0 Å². The first-order valence-corrected chi connectivity index (χ1v) is 9.85. The number of carbonyl (C=O) groups is 1. The quantitative estimate of drug-likeness (QED) is 0.682. The van der Waals surface area contributed by atoms with Gasteiger partial charge in [-0.15, -0.1) is 0 Å². The van der Waals surface area contributed by atoms with E-state index in [1.165, 1.54) is 11.3 Å². The summed E-state index contributed by atoms with van der Waals surface area (Å²) in [7, 11) is 0. The Hall–Kier alpha value is -1.71. The molecule has 2 aromatic carbocycles. The van der Waals surface area contributed by atoms with Crippen molar-refractivity contribution < 1.29 is 4.79 Å². The van der Waals surface area contributed by atoms with Gasteiger partial charge < -0.3 is 10.2 Å². The number of hydrogen-bond acceptors (Lipinski definition) is 2. The van der Waals surface area contributed by atoms with Gasteiger partial charge in [0.05, 0.1) is 10.0 Å². The van der Waals surface area contributed by atoms with Gasteiger partial charge in [-0.05, 0) is 55.5 Å². The molecule has 0 aliphatic carbocycles. The van der Waals surface area contributed by atoms with Crippen molar-refractivity contribution in [2.45, 2.75) is 38.6 Å². The van der Waals surface area contributed by atoms with Crippen LogP contribution in [-0.4, -0.2) is 25.0 Å². The number of anilines is 1. The van der Waals surface area contributed by atoms with E-state index in [4.69, 9.17) is 23.2 Å². The fourth-order valence-electron chi connectivity index (χ4n) is 3.49. The predicted octanol–water partition coefficient (Wildman–Crippen LogP) is 4.88. The fourth-order valence-corrected chi connectivity index (χ4v) is 3.81. The number of amides is 1. The van der Waals surface area contributed by atoms with Crippen LogP contribution in [0.5, 0.6) is 0 Å². The monoisotopic (exact) mass is 390 g/mol. The second kappa shape index (κ2) is 8.79. The summed E-state index contributed by atoms with van der Waals surface area (Å²) in [4.78, 5) is 14.5. The van der Waals surface area contributed by atoms with E-state index in [0.29, 0.717) is 35.5 Å². The average Bonchev–Trinajstić information content (AvgIpc) is 2.95. The highest BCUT2D eigenvalue weighted by atomic mass is 35.5. The Morgan fingerprint density at radius 1 is 1.19 bits per heavy atom. The molecule has 0 radical (unpaired) electrons. The highest BCUT2D eigenvalue weighted by molar-refractivity contribution is 6.42. The van der Waals surface area contributed by atoms with Gasteiger partial charge >= 0.3 is 0 Å². The molecule has 1 heterocycles. The number of halogens is 2. The molecule has 0 saturated heterocycles. The van der Waals surface area contributed by atoms with Crippen LogP contribution in [0, 0.1) is 0 Å². The maximum absolute atomic E-state index is 12.0. The Bertz CT molecular complexity index is 778. The van der Waals surface area contributed by atoms with Crippen LogP contribution in [-0.2, 0) is 17.6 Å². The average molecular weight is 391 g/mol. The molecule has 1 aliphatic rings. The molecule has 26 heavy (non-hydrogen) atoms. The van der Waals surface area contributed by atoms with Crippen molar-refractivity contribution in [1.82, 2.24) is 5.32 Å². The van der Waals surface area contributed by atoms with E-state index in [1.54, 1.807) is 6.07 Å². The Morgan fingerprint density at radius 2 is 2.00 bits per heavy atom. The Morgan fingerprint density at radius 3 is 2.81 bits per heavy atom. The SMILES string of the molecule is C[C@@H]1Cc2ccccc2N1CCCNC(=O)CCc1ccc(Cl)c(Cl)c1. The normalized spacial score (nSPS) is 15.8. The van der Waals surface area contributed by atoms with Gasteiger partial charge in [-0.25, -0.2) is 0 Å². The summed E-state index contributed by atoms with van der Waals surface area (Å²) in [5.74, 6) is 0.0749. The number of carbonyl (C=O) groups excluding carboxylic acids is 1. The lowest BCUT2D eigenvalue weighted by Crippen LogP contribution is -2.33. The molecule has 5 heteroatoms. The first-order valence-electron chi connectivity index (χ1n) is 9.10. The second-order valence-electron chi connectivity index (χ2n) is 6.83. The molecule has 0 unspecified atom stereocenters. The molecule has 0 fully saturated rings. The maximum Gasteiger partial charge on any atom is 0.220 e. The van der Waals surface area contributed by atoms with Crippen molar-refractivity contribution in [2.24, 2.45) is 0 Å². The molecule has 1 atom stereocenters. The van der Waals surface area contributed by atoms with Crippen LogP contribution in [0.3, 0.4) is 0 Å². The lowest BCUT2D eigenvalue weighted by atomic mass is 10.1. The zero-order valence-corrected chi connectivity index (χ0v) is 16.5. The third-order valence-corrected chi connectivity index (χ3v) is 5.61. The van der Waals surface area contributed by atoms with Gasteiger partial charge in [0.2, 0.25) is 5.91 Å². The molecule has 1 aliphatic heterocycles. The van der Waals surface area contributed by atoms with Crippen molar-refractivity contribution >= 4 is 34.8 Å². The highest BCUT2D eigenvalue weighted by Gasteiger charge is 2.24. The van der Waals surface area contributed by atoms with Crippen LogP contribution in [0.1, 0.15) is 30.9 Å². The fraction of sp³-hybridized carbons (Fsp3) is 0.381. The van der Waals surface area contributed by atoms with Gasteiger partial charge in [-0.1, -0.05) is 47.5 Å². The summed E-state index contributed by atoms with van der Waals surface area (Å²) in [6, 6.07) is 14.6. The molecular formula is C21H24Cl2N2O. The van der Waals surface area contributed by atoms with Gasteiger partial charge in [0, 0.05) is 31.2 Å². The van der Waals surface area contributed by atoms with Crippen LogP contribution in [0.2, 0.25) is 10.0 Å². The Balaban J connectivity index is 1.38. The molecule has 0 bridgehead atoms. The molecule has 138 valence electrons. The number of nitrogens with one attached hydrogen (secondary N) is 1. The highest BCUT2D eigenvalue weighted by Crippen LogP contribution is 2.31. The number of aryl methyl sites for hydroxylation is 1. The van der Waals surface area contributed by atoms with Crippen molar-refractivity contribution in [3.05, 3.63) is 63.6 Å². The molecule has 0 aromatic heterocycles. The number of rotatable bonds is 7. The van der Waals surface area contributed by atoms with Gasteiger partial charge in [0.15, 0.2) is 0 Å². The summed E-state index contributed by atoms with van der Waals surface area (Å²) >= 11 is 11.9. The van der Waals surface area contributed by atoms with E-state index >= 15 is 0 Å². The van der Waals surface area contributed by atoms with E-state index in [0.717, 1.165) is 24.9 Å². The predicted molar refractivity (Wildman–Crippen MR) is 109 cm³/mol. The van der Waals surface area contributed by atoms with E-state index in [2.05, 4.69) is 41.4 Å². The van der Waals surface area contributed by atoms with Crippen LogP contribution in [0.25, 0.3) is 0 Å². The largest absolute Gasteiger partial charge is 0.368 e. The molecule has 3 nitrogen and oxygen atoms in total. The first kappa shape index (κ1) is 19.1. The minimum atomic E-state index is 0.0749. The molecule has 0 saturated carbocycles. The van der Waals surface area contributed by atoms with Crippen molar-refractivity contribution in [2.75, 3.05) is 18.0 Å². The van der Waals surface area contributed by atoms with Crippen molar-refractivity contribution in [3.63, 3.8) is 0 Å². The van der Waals surface area contributed by atoms with Crippen molar-refractivity contribution in [1.29, 1.82) is 0 Å². The molecule has 3 rings (SSSR count). The zero-order chi connectivity index (χ0) is 18.5. The Kier molecular flexibility index (Phi) is 6.44. The molecule has 1 N–H and O–H groups in total. The van der Waals surface area contributed by atoms with E-state index in [1.807, 2.05) is 12.1 Å². The Labute approximate surface area is 165 Å². The summed E-state index contributed by atoms with van der Waals surface area (Å²) in [5.41, 5.74) is 3.79. The van der Waals surface area contributed by atoms with Crippen LogP contribution in [0.15, 0.2) is 42.5 Å². The van der Waals surface area contributed by atoms with E-state index in [9.17, 15) is 4.79 Å². The number of fused-ring (bicyclic) bond motifs is 1. The summed E-state index contributed by atoms with van der Waals surface area (Å²) in [6.07, 6.45) is 3.17. The minimum Gasteiger partial charge on any atom is -0.368 e. The molecular weight excluding hydrogens is 367 g/mol. The second-order valence-corrected chi connectivity index (χ2v) is 7.64. The van der Waals surface area contributed by atoms with Gasteiger partial charge in [0.1, 0.15) is 0 Å². The third-order valence-electron chi connectivity index (χ3n) is 4.87. The summed E-state index contributed by atoms with van der Waals surface area (Å²) in [5, 5.41) is 4.09. The molecule has 0 spiro atoms. The van der Waals surface area contributed by atoms with Crippen LogP contribution in [0.4, 0.5) is 5.69 Å². The van der Waals surface area contributed by atoms with Gasteiger partial charge in [0.25, 0.3) is 0 Å².